The zero-order chi connectivity index (χ0) is 20.9. The maximum atomic E-state index is 11.8. The molecule has 3 unspecified atom stereocenters. The van der Waals surface area contributed by atoms with Crippen LogP contribution in [0.2, 0.25) is 0 Å². The summed E-state index contributed by atoms with van der Waals surface area (Å²) in [5.74, 6) is 0. The largest absolute Gasteiger partial charge is 0.488 e. The summed E-state index contributed by atoms with van der Waals surface area (Å²) in [7, 11) is -10.1. The molecule has 2 fully saturated rings. The van der Waals surface area contributed by atoms with E-state index >= 15 is 0 Å². The highest BCUT2D eigenvalue weighted by molar-refractivity contribution is 8.11. The van der Waals surface area contributed by atoms with Gasteiger partial charge in [-0.3, -0.25) is 9.78 Å². The van der Waals surface area contributed by atoms with E-state index in [0.717, 1.165) is 6.20 Å². The van der Waals surface area contributed by atoms with Gasteiger partial charge < -0.3 is 34.2 Å². The van der Waals surface area contributed by atoms with Gasteiger partial charge in [-0.25, -0.2) is 22.5 Å². The molecule has 0 bridgehead atoms. The lowest BCUT2D eigenvalue weighted by Gasteiger charge is -2.30. The van der Waals surface area contributed by atoms with Crippen LogP contribution in [0.15, 0.2) is 15.8 Å². The molecule has 1 aromatic heterocycles. The van der Waals surface area contributed by atoms with Gasteiger partial charge in [-0.05, 0) is 11.8 Å². The topological polar surface area (TPSA) is 227 Å². The molecule has 3 rings (SSSR count). The Hall–Kier alpha value is -0.570. The Kier molecular flexibility index (Phi) is 6.00. The minimum Gasteiger partial charge on any atom is -0.387 e. The van der Waals surface area contributed by atoms with E-state index in [1.165, 1.54) is 0 Å². The lowest BCUT2D eigenvalue weighted by atomic mass is 10.0. The number of nitrogens with one attached hydrogen (secondary N) is 2. The van der Waals surface area contributed by atoms with E-state index in [-0.39, 0.29) is 5.56 Å². The first-order valence-electron chi connectivity index (χ1n) is 7.18. The molecule has 0 aromatic carbocycles. The summed E-state index contributed by atoms with van der Waals surface area (Å²) in [6.07, 6.45) is -4.97. The summed E-state index contributed by atoms with van der Waals surface area (Å²) in [6.45, 7) is -4.98. The number of rotatable bonds is 4. The van der Waals surface area contributed by atoms with E-state index in [1.807, 2.05) is 4.98 Å². The molecule has 2 saturated heterocycles. The second kappa shape index (κ2) is 7.60. The molecule has 1 aromatic rings. The van der Waals surface area contributed by atoms with Crippen LogP contribution in [0.25, 0.3) is 0 Å². The molecule has 28 heavy (non-hydrogen) atoms. The van der Waals surface area contributed by atoms with Crippen LogP contribution in [0.1, 0.15) is 11.7 Å². The average Bonchev–Trinajstić information content (AvgIpc) is 2.78. The van der Waals surface area contributed by atoms with E-state index in [2.05, 4.69) is 17.9 Å². The Labute approximate surface area is 159 Å². The van der Waals surface area contributed by atoms with Crippen molar-refractivity contribution in [3.63, 3.8) is 0 Å². The predicted octanol–water partition coefficient (Wildman–Crippen LogP) is -1.27. The number of aliphatic hydroxyl groups excluding tert-OH is 2. The Morgan fingerprint density at radius 3 is 2.29 bits per heavy atom. The normalized spacial score (nSPS) is 43.9. The summed E-state index contributed by atoms with van der Waals surface area (Å²) in [5.41, 5.74) is -1.86. The summed E-state index contributed by atoms with van der Waals surface area (Å²) in [6, 6.07) is 0. The number of aromatic nitrogens is 2. The van der Waals surface area contributed by atoms with E-state index in [9.17, 15) is 38.7 Å². The fourth-order valence-corrected chi connectivity index (χ4v) is 9.05. The average molecular weight is 482 g/mol. The van der Waals surface area contributed by atoms with Crippen molar-refractivity contribution in [3.05, 3.63) is 32.6 Å². The highest BCUT2D eigenvalue weighted by Crippen LogP contribution is 2.80. The predicted molar refractivity (Wildman–Crippen MR) is 90.5 cm³/mol. The van der Waals surface area contributed by atoms with Gasteiger partial charge in [0.05, 0.1) is 12.2 Å². The number of aromatic amines is 2. The van der Waals surface area contributed by atoms with Crippen molar-refractivity contribution < 1.29 is 51.3 Å². The number of ether oxygens (including phenoxy) is 1. The first-order chi connectivity index (χ1) is 12.8. The Morgan fingerprint density at radius 2 is 1.71 bits per heavy atom. The van der Waals surface area contributed by atoms with E-state index in [0.29, 0.717) is 0 Å². The van der Waals surface area contributed by atoms with Crippen molar-refractivity contribution in [2.45, 2.75) is 24.4 Å². The zero-order valence-electron chi connectivity index (χ0n) is 13.3. The Bertz CT molecular complexity index is 995. The maximum absolute atomic E-state index is 11.8. The lowest BCUT2D eigenvalue weighted by Crippen LogP contribution is -2.34. The van der Waals surface area contributed by atoms with Crippen LogP contribution < -0.4 is 11.2 Å². The first-order valence-corrected chi connectivity index (χ1v) is 12.7. The molecule has 0 saturated carbocycles. The van der Waals surface area contributed by atoms with Crippen LogP contribution in [0.4, 0.5) is 0 Å². The van der Waals surface area contributed by atoms with Gasteiger partial charge in [0.25, 0.3) is 5.56 Å². The second-order valence-corrected chi connectivity index (χ2v) is 11.9. The highest BCUT2D eigenvalue weighted by atomic mass is 32.5. The summed E-state index contributed by atoms with van der Waals surface area (Å²) in [4.78, 5) is 45.5. The molecule has 0 amide bonds. The van der Waals surface area contributed by atoms with Crippen LogP contribution >= 0.6 is 22.4 Å². The second-order valence-electron chi connectivity index (χ2n) is 5.53. The fraction of sp³-hybridized carbons (Fsp3) is 0.556. The van der Waals surface area contributed by atoms with Gasteiger partial charge in [-0.15, -0.1) is 0 Å². The molecular weight excluding hydrogens is 469 g/mol. The van der Waals surface area contributed by atoms with E-state index in [4.69, 9.17) is 21.1 Å². The number of hydrogen-bond acceptors (Lipinski definition) is 12. The molecule has 15 nitrogen and oxygen atoms in total. The standard InChI is InChI=1S/C9H13N2O13P3S/c12-5-4(2-20-27(28)23-25(16,17)22-26(18,19)24-27)21-7(6(5)13)3-1-10-9(15)11-8(3)14/h1,4-7,12-13H,2H2,(H,16,17)(H,18,19)(H2,10,11,14,15)/t4-,5?,6+,7+/m1/s1. The van der Waals surface area contributed by atoms with Crippen molar-refractivity contribution >= 4 is 34.2 Å². The van der Waals surface area contributed by atoms with Crippen LogP contribution in [-0.4, -0.2) is 54.9 Å². The van der Waals surface area contributed by atoms with Gasteiger partial charge in [0.2, 0.25) is 0 Å². The minimum atomic E-state index is -5.04. The van der Waals surface area contributed by atoms with Gasteiger partial charge in [-0.1, -0.05) is 0 Å². The Balaban J connectivity index is 1.74. The van der Waals surface area contributed by atoms with Gasteiger partial charge in [0.15, 0.2) is 0 Å². The third kappa shape index (κ3) is 4.77. The van der Waals surface area contributed by atoms with Crippen LogP contribution in [0, 0.1) is 0 Å². The van der Waals surface area contributed by atoms with Crippen molar-refractivity contribution in [1.29, 1.82) is 0 Å². The molecule has 0 spiro atoms. The summed E-state index contributed by atoms with van der Waals surface area (Å²) < 4.78 is 45.9. The maximum Gasteiger partial charge on any atom is 0.488 e. The number of H-pyrrole nitrogens is 2. The van der Waals surface area contributed by atoms with Crippen molar-refractivity contribution in [2.75, 3.05) is 6.61 Å². The lowest BCUT2D eigenvalue weighted by molar-refractivity contribution is -0.0202. The third-order valence-corrected chi connectivity index (χ3v) is 10.4. The van der Waals surface area contributed by atoms with Gasteiger partial charge in [0.1, 0.15) is 24.4 Å². The Morgan fingerprint density at radius 1 is 1.11 bits per heavy atom. The quantitative estimate of drug-likeness (QED) is 0.275. The summed E-state index contributed by atoms with van der Waals surface area (Å²) in [5, 5.41) is 20.2. The molecule has 6 atom stereocenters. The van der Waals surface area contributed by atoms with Crippen LogP contribution in [0.5, 0.6) is 0 Å². The van der Waals surface area contributed by atoms with Crippen molar-refractivity contribution in [1.82, 2.24) is 9.97 Å². The number of hydrogen-bond donors (Lipinski definition) is 6. The first kappa shape index (κ1) is 22.1. The van der Waals surface area contributed by atoms with Crippen molar-refractivity contribution in [2.24, 2.45) is 0 Å². The smallest absolute Gasteiger partial charge is 0.387 e. The van der Waals surface area contributed by atoms with Gasteiger partial charge in [-0.2, -0.15) is 4.31 Å². The summed E-state index contributed by atoms with van der Waals surface area (Å²) >= 11 is 4.72. The molecule has 0 radical (unpaired) electrons. The molecule has 158 valence electrons. The molecule has 0 aliphatic carbocycles. The molecular formula is C9H13N2O13P3S. The SMILES string of the molecule is O=c1[nH]cc([C@@H]2O[C@H](COP3(=S)OP(=O)(O)OP(=O)(O)O3)C(O)[C@@H]2O)c(=O)[nH]1. The van der Waals surface area contributed by atoms with E-state index in [1.54, 1.807) is 0 Å². The number of phosphoric acid groups is 2. The monoisotopic (exact) mass is 482 g/mol. The fourth-order valence-electron chi connectivity index (χ4n) is 2.41. The van der Waals surface area contributed by atoms with Crippen molar-refractivity contribution in [3.8, 4) is 0 Å². The number of aliphatic hydroxyl groups is 2. The van der Waals surface area contributed by atoms with Crippen LogP contribution in [0.3, 0.4) is 0 Å². The molecule has 19 heteroatoms. The molecule has 2 aliphatic rings. The molecule has 3 heterocycles. The van der Waals surface area contributed by atoms with E-state index < -0.39 is 64.6 Å². The van der Waals surface area contributed by atoms with Gasteiger partial charge in [0, 0.05) is 6.20 Å². The molecule has 6 N–H and O–H groups in total. The zero-order valence-corrected chi connectivity index (χ0v) is 16.8. The highest BCUT2D eigenvalue weighted by Gasteiger charge is 2.52. The van der Waals surface area contributed by atoms with Gasteiger partial charge >= 0.3 is 28.1 Å². The molecule has 2 aliphatic heterocycles. The van der Waals surface area contributed by atoms with Crippen LogP contribution in [-0.2, 0) is 43.1 Å². The third-order valence-electron chi connectivity index (χ3n) is 3.53. The minimum absolute atomic E-state index is 0.199.